The van der Waals surface area contributed by atoms with Crippen molar-refractivity contribution in [2.24, 2.45) is 0 Å². The molecule has 5 nitrogen and oxygen atoms in total. The van der Waals surface area contributed by atoms with Crippen molar-refractivity contribution in [3.63, 3.8) is 0 Å². The maximum absolute atomic E-state index is 12.0. The highest BCUT2D eigenvalue weighted by molar-refractivity contribution is 6.33. The predicted molar refractivity (Wildman–Crippen MR) is 72.2 cm³/mol. The maximum Gasteiger partial charge on any atom is 0.253 e. The lowest BCUT2D eigenvalue weighted by Gasteiger charge is -2.14. The van der Waals surface area contributed by atoms with Gasteiger partial charge in [0.2, 0.25) is 0 Å². The number of carbonyl (C=O) groups is 1. The fourth-order valence-electron chi connectivity index (χ4n) is 1.42. The molecule has 0 fully saturated rings. The summed E-state index contributed by atoms with van der Waals surface area (Å²) in [6.07, 6.45) is 2.21. The Morgan fingerprint density at radius 3 is 2.94 bits per heavy atom. The first-order valence-corrected chi connectivity index (χ1v) is 6.09. The number of halogens is 1. The summed E-state index contributed by atoms with van der Waals surface area (Å²) in [5.41, 5.74) is 0.417. The minimum Gasteiger partial charge on any atom is -0.385 e. The van der Waals surface area contributed by atoms with E-state index in [1.165, 1.54) is 6.20 Å². The first-order valence-electron chi connectivity index (χ1n) is 5.71. The van der Waals surface area contributed by atoms with E-state index in [2.05, 4.69) is 15.6 Å². The van der Waals surface area contributed by atoms with Crippen LogP contribution in [0.1, 0.15) is 23.7 Å². The van der Waals surface area contributed by atoms with Crippen LogP contribution in [0.2, 0.25) is 5.02 Å². The predicted octanol–water partition coefficient (Wildman–Crippen LogP) is 1.93. The number of hydrogen-bond donors (Lipinski definition) is 2. The van der Waals surface area contributed by atoms with Crippen molar-refractivity contribution in [2.45, 2.75) is 19.4 Å². The van der Waals surface area contributed by atoms with Crippen molar-refractivity contribution in [1.82, 2.24) is 10.3 Å². The Balaban J connectivity index is 2.71. The average molecular weight is 272 g/mol. The highest BCUT2D eigenvalue weighted by Crippen LogP contribution is 2.17. The molecular formula is C12H18ClN3O2. The number of carbonyl (C=O) groups excluding carboxylic acids is 1. The van der Waals surface area contributed by atoms with Gasteiger partial charge in [0, 0.05) is 33.0 Å². The topological polar surface area (TPSA) is 63.2 Å². The van der Waals surface area contributed by atoms with Crippen molar-refractivity contribution >= 4 is 23.3 Å². The Morgan fingerprint density at radius 2 is 2.33 bits per heavy atom. The Labute approximate surface area is 112 Å². The van der Waals surface area contributed by atoms with Gasteiger partial charge in [-0.1, -0.05) is 11.6 Å². The highest BCUT2D eigenvalue weighted by Gasteiger charge is 2.14. The van der Waals surface area contributed by atoms with Gasteiger partial charge in [0.05, 0.1) is 10.6 Å². The summed E-state index contributed by atoms with van der Waals surface area (Å²) in [6, 6.07) is 1.65. The van der Waals surface area contributed by atoms with Gasteiger partial charge in [0.25, 0.3) is 5.91 Å². The summed E-state index contributed by atoms with van der Waals surface area (Å²) in [7, 11) is 3.37. The molecule has 0 aliphatic rings. The van der Waals surface area contributed by atoms with E-state index in [4.69, 9.17) is 16.3 Å². The molecule has 18 heavy (non-hydrogen) atoms. The van der Waals surface area contributed by atoms with E-state index in [1.807, 2.05) is 6.92 Å². The molecule has 0 aromatic carbocycles. The van der Waals surface area contributed by atoms with Gasteiger partial charge in [-0.15, -0.1) is 0 Å². The summed E-state index contributed by atoms with van der Waals surface area (Å²) in [5, 5.41) is 6.07. The number of nitrogens with one attached hydrogen (secondary N) is 2. The molecule has 0 radical (unpaired) electrons. The normalized spacial score (nSPS) is 12.0. The van der Waals surface area contributed by atoms with Crippen molar-refractivity contribution < 1.29 is 9.53 Å². The number of nitrogens with zero attached hydrogens (tertiary/aromatic N) is 1. The van der Waals surface area contributed by atoms with Gasteiger partial charge >= 0.3 is 0 Å². The fraction of sp³-hybridized carbons (Fsp3) is 0.500. The van der Waals surface area contributed by atoms with Gasteiger partial charge in [-0.3, -0.25) is 4.79 Å². The molecule has 100 valence electrons. The summed E-state index contributed by atoms with van der Waals surface area (Å²) in [4.78, 5) is 16.0. The summed E-state index contributed by atoms with van der Waals surface area (Å²) < 4.78 is 4.96. The standard InChI is InChI=1S/C12H18ClN3O2/c1-8(4-5-18-3)16-12(17)9-6-11(14-2)15-7-10(9)13/h6-8H,4-5H2,1-3H3,(H,14,15)(H,16,17). The average Bonchev–Trinajstić information content (AvgIpc) is 2.36. The number of methoxy groups -OCH3 is 1. The first-order chi connectivity index (χ1) is 8.58. The van der Waals surface area contributed by atoms with E-state index >= 15 is 0 Å². The van der Waals surface area contributed by atoms with Crippen LogP contribution in [0.5, 0.6) is 0 Å². The van der Waals surface area contributed by atoms with Gasteiger partial charge in [0.1, 0.15) is 5.82 Å². The molecule has 1 aromatic rings. The molecule has 0 spiro atoms. The van der Waals surface area contributed by atoms with Crippen LogP contribution in [0.4, 0.5) is 5.82 Å². The van der Waals surface area contributed by atoms with Gasteiger partial charge in [-0.25, -0.2) is 4.98 Å². The monoisotopic (exact) mass is 271 g/mol. The van der Waals surface area contributed by atoms with Gasteiger partial charge in [-0.2, -0.15) is 0 Å². The van der Waals surface area contributed by atoms with Gasteiger partial charge in [0.15, 0.2) is 0 Å². The second-order valence-corrected chi connectivity index (χ2v) is 4.36. The molecule has 0 saturated heterocycles. The summed E-state index contributed by atoms with van der Waals surface area (Å²) in [5.74, 6) is 0.400. The van der Waals surface area contributed by atoms with Crippen LogP contribution in [0, 0.1) is 0 Å². The quantitative estimate of drug-likeness (QED) is 0.830. The van der Waals surface area contributed by atoms with Gasteiger partial charge in [-0.05, 0) is 19.4 Å². The second-order valence-electron chi connectivity index (χ2n) is 3.96. The minimum atomic E-state index is -0.206. The van der Waals surface area contributed by atoms with Crippen LogP contribution in [-0.2, 0) is 4.74 Å². The smallest absolute Gasteiger partial charge is 0.253 e. The Hall–Kier alpha value is -1.33. The molecule has 0 aliphatic heterocycles. The van der Waals surface area contributed by atoms with Crippen LogP contribution in [-0.4, -0.2) is 37.7 Å². The first kappa shape index (κ1) is 14.7. The number of rotatable bonds is 6. The SMILES string of the molecule is CNc1cc(C(=O)NC(C)CCOC)c(Cl)cn1. The van der Waals surface area contributed by atoms with E-state index < -0.39 is 0 Å². The van der Waals surface area contributed by atoms with Crippen LogP contribution < -0.4 is 10.6 Å². The number of anilines is 1. The van der Waals surface area contributed by atoms with Crippen molar-refractivity contribution in [3.8, 4) is 0 Å². The number of hydrogen-bond acceptors (Lipinski definition) is 4. The zero-order valence-electron chi connectivity index (χ0n) is 10.8. The lowest BCUT2D eigenvalue weighted by molar-refractivity contribution is 0.0929. The molecule has 1 unspecified atom stereocenters. The van der Waals surface area contributed by atoms with Crippen LogP contribution >= 0.6 is 11.6 Å². The Morgan fingerprint density at radius 1 is 1.61 bits per heavy atom. The second kappa shape index (κ2) is 7.18. The largest absolute Gasteiger partial charge is 0.385 e. The number of ether oxygens (including phenoxy) is 1. The molecular weight excluding hydrogens is 254 g/mol. The molecule has 0 aliphatic carbocycles. The van der Waals surface area contributed by atoms with Crippen LogP contribution in [0.3, 0.4) is 0 Å². The highest BCUT2D eigenvalue weighted by atomic mass is 35.5. The molecule has 1 aromatic heterocycles. The summed E-state index contributed by atoms with van der Waals surface area (Å²) in [6.45, 7) is 2.53. The number of amides is 1. The molecule has 0 saturated carbocycles. The van der Waals surface area contributed by atoms with E-state index in [-0.39, 0.29) is 11.9 Å². The molecule has 2 N–H and O–H groups in total. The molecule has 6 heteroatoms. The number of pyridine rings is 1. The fourth-order valence-corrected chi connectivity index (χ4v) is 1.61. The molecule has 1 heterocycles. The zero-order valence-corrected chi connectivity index (χ0v) is 11.5. The van der Waals surface area contributed by atoms with E-state index in [0.29, 0.717) is 23.0 Å². The molecule has 1 atom stereocenters. The van der Waals surface area contributed by atoms with Gasteiger partial charge < -0.3 is 15.4 Å². The van der Waals surface area contributed by atoms with E-state index in [0.717, 1.165) is 6.42 Å². The molecule has 1 rings (SSSR count). The van der Waals surface area contributed by atoms with Crippen molar-refractivity contribution in [1.29, 1.82) is 0 Å². The molecule has 1 amide bonds. The zero-order chi connectivity index (χ0) is 13.5. The maximum atomic E-state index is 12.0. The third-order valence-electron chi connectivity index (χ3n) is 2.49. The molecule has 0 bridgehead atoms. The van der Waals surface area contributed by atoms with E-state index in [9.17, 15) is 4.79 Å². The summed E-state index contributed by atoms with van der Waals surface area (Å²) >= 11 is 5.96. The van der Waals surface area contributed by atoms with Crippen molar-refractivity contribution in [2.75, 3.05) is 26.1 Å². The van der Waals surface area contributed by atoms with Crippen LogP contribution in [0.15, 0.2) is 12.3 Å². The van der Waals surface area contributed by atoms with E-state index in [1.54, 1.807) is 20.2 Å². The Kier molecular flexibility index (Phi) is 5.88. The number of aromatic nitrogens is 1. The Bertz CT molecular complexity index is 412. The minimum absolute atomic E-state index is 0.0275. The lowest BCUT2D eigenvalue weighted by atomic mass is 10.2. The van der Waals surface area contributed by atoms with Crippen LogP contribution in [0.25, 0.3) is 0 Å². The third kappa shape index (κ3) is 4.16. The lowest BCUT2D eigenvalue weighted by Crippen LogP contribution is -2.33. The van der Waals surface area contributed by atoms with Crippen molar-refractivity contribution in [3.05, 3.63) is 22.8 Å². The third-order valence-corrected chi connectivity index (χ3v) is 2.79.